The minimum absolute atomic E-state index is 0.113. The minimum atomic E-state index is -0.431. The normalized spacial score (nSPS) is 13.1. The van der Waals surface area contributed by atoms with Crippen LogP contribution in [-0.4, -0.2) is 0 Å². The molecule has 0 saturated carbocycles. The highest BCUT2D eigenvalue weighted by Gasteiger charge is 2.23. The van der Waals surface area contributed by atoms with Crippen LogP contribution in [0.4, 0.5) is 0 Å². The van der Waals surface area contributed by atoms with Crippen LogP contribution in [0.2, 0.25) is 0 Å². The second kappa shape index (κ2) is 10.4. The van der Waals surface area contributed by atoms with Crippen molar-refractivity contribution in [1.29, 1.82) is 0 Å². The van der Waals surface area contributed by atoms with Crippen LogP contribution in [-0.2, 0) is 0 Å². The summed E-state index contributed by atoms with van der Waals surface area (Å²) < 4.78 is 50.4. The maximum Gasteiger partial charge on any atom is 0.143 e. The minimum Gasteiger partial charge on any atom is -0.455 e. The SMILES string of the molecule is [2H]c1c([2H])c([2H])c(-c2c(-c3c4ccccc4c(-c4ccccc4-c4ccccc4)c4ccccc34)ccc3c2oc2ccccc23)c([2H])c1[2H]. The summed E-state index contributed by atoms with van der Waals surface area (Å²) in [6.07, 6.45) is 0. The van der Waals surface area contributed by atoms with Gasteiger partial charge in [-0.2, -0.15) is 0 Å². The molecule has 1 aromatic heterocycles. The van der Waals surface area contributed by atoms with E-state index in [-0.39, 0.29) is 29.7 Å². The van der Waals surface area contributed by atoms with Gasteiger partial charge in [-0.25, -0.2) is 0 Å². The first kappa shape index (κ1) is 20.9. The van der Waals surface area contributed by atoms with Crippen molar-refractivity contribution in [3.05, 3.63) is 170 Å². The number of rotatable bonds is 4. The maximum atomic E-state index is 9.11. The van der Waals surface area contributed by atoms with Gasteiger partial charge in [0.1, 0.15) is 11.2 Å². The van der Waals surface area contributed by atoms with Gasteiger partial charge in [0.05, 0.1) is 6.85 Å². The van der Waals surface area contributed by atoms with E-state index in [4.69, 9.17) is 11.3 Å². The molecule has 0 radical (unpaired) electrons. The van der Waals surface area contributed by atoms with Crippen LogP contribution in [0.25, 0.3) is 88.0 Å². The number of furan rings is 1. The number of fused-ring (bicyclic) bond motifs is 5. The van der Waals surface area contributed by atoms with Crippen molar-refractivity contribution in [3.63, 3.8) is 0 Å². The number of hydrogen-bond acceptors (Lipinski definition) is 1. The van der Waals surface area contributed by atoms with E-state index in [2.05, 4.69) is 72.8 Å². The molecule has 0 aliphatic heterocycles. The summed E-state index contributed by atoms with van der Waals surface area (Å²) in [5.74, 6) is 0. The van der Waals surface area contributed by atoms with Crippen molar-refractivity contribution in [2.45, 2.75) is 0 Å². The smallest absolute Gasteiger partial charge is 0.143 e. The Bertz CT molecular complexity index is 2730. The van der Waals surface area contributed by atoms with E-state index in [1.165, 1.54) is 0 Å². The molecule has 1 nitrogen and oxygen atoms in total. The first-order valence-electron chi connectivity index (χ1n) is 17.5. The third-order valence-corrected chi connectivity index (χ3v) is 8.78. The molecule has 8 aromatic carbocycles. The Morgan fingerprint density at radius 1 is 0.356 bits per heavy atom. The predicted octanol–water partition coefficient (Wildman–Crippen LogP) is 12.6. The Labute approximate surface area is 268 Å². The first-order chi connectivity index (χ1) is 24.4. The van der Waals surface area contributed by atoms with Gasteiger partial charge in [-0.1, -0.05) is 158 Å². The third-order valence-electron chi connectivity index (χ3n) is 8.78. The highest BCUT2D eigenvalue weighted by molar-refractivity contribution is 6.25. The summed E-state index contributed by atoms with van der Waals surface area (Å²) in [6, 6.07) is 45.6. The highest BCUT2D eigenvalue weighted by Crippen LogP contribution is 2.49. The zero-order chi connectivity index (χ0) is 34.1. The quantitative estimate of drug-likeness (QED) is 0.190. The Kier molecular flexibility index (Phi) is 4.81. The fourth-order valence-corrected chi connectivity index (χ4v) is 6.90. The Morgan fingerprint density at radius 3 is 1.56 bits per heavy atom. The van der Waals surface area contributed by atoms with Crippen molar-refractivity contribution < 1.29 is 11.3 Å². The number of hydrogen-bond donors (Lipinski definition) is 0. The van der Waals surface area contributed by atoms with Gasteiger partial charge >= 0.3 is 0 Å². The van der Waals surface area contributed by atoms with E-state index in [9.17, 15) is 0 Å². The molecular formula is C44H28O. The molecule has 9 rings (SSSR count). The summed E-state index contributed by atoms with van der Waals surface area (Å²) in [4.78, 5) is 0. The number of benzene rings is 8. The maximum absolute atomic E-state index is 9.11. The summed E-state index contributed by atoms with van der Waals surface area (Å²) in [6.45, 7) is 0. The molecule has 210 valence electrons. The molecule has 45 heavy (non-hydrogen) atoms. The predicted molar refractivity (Wildman–Crippen MR) is 190 cm³/mol. The van der Waals surface area contributed by atoms with Crippen LogP contribution in [0.1, 0.15) is 6.85 Å². The fraction of sp³-hybridized carbons (Fsp3) is 0. The van der Waals surface area contributed by atoms with Gasteiger partial charge in [-0.15, -0.1) is 0 Å². The molecule has 0 spiro atoms. The molecule has 1 heteroatoms. The van der Waals surface area contributed by atoms with Gasteiger partial charge in [0.25, 0.3) is 0 Å². The van der Waals surface area contributed by atoms with Gasteiger partial charge in [-0.05, 0) is 72.6 Å². The van der Waals surface area contributed by atoms with Crippen molar-refractivity contribution in [2.24, 2.45) is 0 Å². The van der Waals surface area contributed by atoms with Gasteiger partial charge < -0.3 is 4.42 Å². The Morgan fingerprint density at radius 2 is 0.889 bits per heavy atom. The van der Waals surface area contributed by atoms with E-state index < -0.39 is 6.04 Å². The van der Waals surface area contributed by atoms with Crippen molar-refractivity contribution >= 4 is 43.5 Å². The van der Waals surface area contributed by atoms with Crippen molar-refractivity contribution in [2.75, 3.05) is 0 Å². The molecule has 0 fully saturated rings. The third kappa shape index (κ3) is 4.02. The monoisotopic (exact) mass is 577 g/mol. The zero-order valence-electron chi connectivity index (χ0n) is 29.2. The average molecular weight is 578 g/mol. The summed E-state index contributed by atoms with van der Waals surface area (Å²) in [5.41, 5.74) is 7.82. The van der Waals surface area contributed by atoms with Crippen molar-refractivity contribution in [1.82, 2.24) is 0 Å². The highest BCUT2D eigenvalue weighted by atomic mass is 16.3. The van der Waals surface area contributed by atoms with Gasteiger partial charge in [0.2, 0.25) is 0 Å². The van der Waals surface area contributed by atoms with Crippen LogP contribution in [0.15, 0.2) is 174 Å². The van der Waals surface area contributed by atoms with Gasteiger partial charge in [0.15, 0.2) is 0 Å². The lowest BCUT2D eigenvalue weighted by Gasteiger charge is -2.21. The molecule has 0 saturated heterocycles. The summed E-state index contributed by atoms with van der Waals surface area (Å²) in [5, 5.41) is 5.75. The van der Waals surface area contributed by atoms with E-state index >= 15 is 0 Å². The van der Waals surface area contributed by atoms with Crippen LogP contribution in [0.5, 0.6) is 0 Å². The lowest BCUT2D eigenvalue weighted by Crippen LogP contribution is -1.94. The first-order valence-corrected chi connectivity index (χ1v) is 15.0. The zero-order valence-corrected chi connectivity index (χ0v) is 24.2. The fourth-order valence-electron chi connectivity index (χ4n) is 6.90. The van der Waals surface area contributed by atoms with Gasteiger partial charge in [0, 0.05) is 16.3 Å². The molecule has 1 heterocycles. The topological polar surface area (TPSA) is 13.1 Å². The molecule has 9 aromatic rings. The lowest BCUT2D eigenvalue weighted by atomic mass is 9.82. The van der Waals surface area contributed by atoms with E-state index in [1.807, 2.05) is 66.7 Å². The average Bonchev–Trinajstić information content (AvgIpc) is 3.55. The standard InChI is InChI=1S/C44H28O/c1-3-15-29(16-4-1)31-19-7-8-21-33(31)42-34-22-9-11-24-36(34)43(37-25-12-10-23-35(37)42)39-28-27-38-32-20-13-14-26-40(32)45-44(38)41(39)30-17-5-2-6-18-30/h1-28H/i2D,5D,6D,17D,18D. The number of para-hydroxylation sites is 1. The van der Waals surface area contributed by atoms with Gasteiger partial charge in [-0.3, -0.25) is 0 Å². The van der Waals surface area contributed by atoms with Crippen LogP contribution >= 0.6 is 0 Å². The second-order valence-corrected chi connectivity index (χ2v) is 11.2. The van der Waals surface area contributed by atoms with E-state index in [1.54, 1.807) is 0 Å². The largest absolute Gasteiger partial charge is 0.455 e. The molecule has 0 atom stereocenters. The molecule has 0 aliphatic rings. The van der Waals surface area contributed by atoms with E-state index in [0.29, 0.717) is 16.7 Å². The Hall–Kier alpha value is -5.92. The molecular weight excluding hydrogens is 544 g/mol. The molecule has 0 bridgehead atoms. The molecule has 0 amide bonds. The lowest BCUT2D eigenvalue weighted by molar-refractivity contribution is 0.670. The summed E-state index contributed by atoms with van der Waals surface area (Å²) >= 11 is 0. The van der Waals surface area contributed by atoms with Crippen LogP contribution in [0, 0.1) is 0 Å². The second-order valence-electron chi connectivity index (χ2n) is 11.2. The van der Waals surface area contributed by atoms with Crippen molar-refractivity contribution in [3.8, 4) is 44.5 Å². The molecule has 0 aliphatic carbocycles. The van der Waals surface area contributed by atoms with E-state index in [0.717, 1.165) is 65.7 Å². The Balaban J connectivity index is 1.47. The molecule has 0 N–H and O–H groups in total. The van der Waals surface area contributed by atoms with Crippen LogP contribution < -0.4 is 0 Å². The summed E-state index contributed by atoms with van der Waals surface area (Å²) in [7, 11) is 0. The van der Waals surface area contributed by atoms with Crippen LogP contribution in [0.3, 0.4) is 0 Å². The molecule has 0 unspecified atom stereocenters.